The van der Waals surface area contributed by atoms with E-state index in [1.807, 2.05) is 0 Å². The molecule has 26 heavy (non-hydrogen) atoms. The Morgan fingerprint density at radius 3 is 2.85 bits per heavy atom. The molecule has 3 aliphatic carbocycles. The van der Waals surface area contributed by atoms with Gasteiger partial charge in [-0.15, -0.1) is 0 Å². The van der Waals surface area contributed by atoms with Crippen LogP contribution in [-0.2, 0) is 14.9 Å². The molecular weight excluding hydrogens is 324 g/mol. The van der Waals surface area contributed by atoms with Crippen LogP contribution < -0.4 is 4.90 Å². The van der Waals surface area contributed by atoms with Gasteiger partial charge < -0.3 is 9.64 Å². The average molecular weight is 352 g/mol. The Labute approximate surface area is 155 Å². The summed E-state index contributed by atoms with van der Waals surface area (Å²) in [6, 6.07) is 9.60. The van der Waals surface area contributed by atoms with Crippen molar-refractivity contribution in [2.45, 2.75) is 55.5 Å². The largest absolute Gasteiger partial charge is 0.469 e. The molecule has 1 aromatic rings. The van der Waals surface area contributed by atoms with Gasteiger partial charge in [0.15, 0.2) is 0 Å². The summed E-state index contributed by atoms with van der Waals surface area (Å²) in [7, 11) is 3.82. The number of likely N-dealkylation sites (N-methyl/N-ethyl adjacent to an activating group) is 1. The van der Waals surface area contributed by atoms with E-state index in [0.29, 0.717) is 11.5 Å². The van der Waals surface area contributed by atoms with Crippen molar-refractivity contribution in [3.63, 3.8) is 0 Å². The number of anilines is 1. The fourth-order valence-corrected chi connectivity index (χ4v) is 8.57. The second-order valence-corrected chi connectivity index (χ2v) is 9.41. The summed E-state index contributed by atoms with van der Waals surface area (Å²) in [5.74, 6) is 0.0125. The third kappa shape index (κ3) is 1.35. The number of rotatable bonds is 1. The predicted octanol–water partition coefficient (Wildman–Crippen LogP) is 2.95. The number of fused-ring (bicyclic) bond motifs is 3. The highest BCUT2D eigenvalue weighted by Crippen LogP contribution is 2.75. The lowest BCUT2D eigenvalue weighted by atomic mass is 9.38. The smallest absolute Gasteiger partial charge is 0.311 e. The van der Waals surface area contributed by atoms with Crippen LogP contribution in [0.1, 0.15) is 44.1 Å². The normalized spacial score (nSPS) is 45.2. The molecule has 0 unspecified atom stereocenters. The zero-order chi connectivity index (χ0) is 17.7. The Bertz CT molecular complexity index is 809. The van der Waals surface area contributed by atoms with Gasteiger partial charge >= 0.3 is 5.97 Å². The van der Waals surface area contributed by atoms with Crippen molar-refractivity contribution in [1.29, 1.82) is 0 Å². The van der Waals surface area contributed by atoms with Crippen LogP contribution in [0.3, 0.4) is 0 Å². The molecule has 0 radical (unpaired) electrons. The van der Waals surface area contributed by atoms with Crippen molar-refractivity contribution in [3.05, 3.63) is 29.8 Å². The first-order valence-electron chi connectivity index (χ1n) is 10.3. The molecule has 4 nitrogen and oxygen atoms in total. The van der Waals surface area contributed by atoms with Crippen molar-refractivity contribution in [1.82, 2.24) is 4.90 Å². The van der Waals surface area contributed by atoms with Crippen LogP contribution in [0.2, 0.25) is 0 Å². The molecule has 3 spiro atoms. The van der Waals surface area contributed by atoms with Crippen molar-refractivity contribution in [3.8, 4) is 0 Å². The second kappa shape index (κ2) is 4.64. The Kier molecular flexibility index (Phi) is 2.77. The fourth-order valence-electron chi connectivity index (χ4n) is 8.57. The van der Waals surface area contributed by atoms with E-state index in [-0.39, 0.29) is 22.8 Å². The van der Waals surface area contributed by atoms with Gasteiger partial charge in [0.2, 0.25) is 0 Å². The molecule has 5 atom stereocenters. The lowest BCUT2D eigenvalue weighted by Gasteiger charge is -2.70. The highest BCUT2D eigenvalue weighted by molar-refractivity contribution is 5.81. The number of nitrogens with zero attached hydrogens (tertiary/aromatic N) is 2. The number of hydrogen-bond acceptors (Lipinski definition) is 4. The number of esters is 1. The van der Waals surface area contributed by atoms with Crippen LogP contribution >= 0.6 is 0 Å². The number of hydrogen-bond donors (Lipinski definition) is 0. The second-order valence-electron chi connectivity index (χ2n) is 9.41. The molecule has 2 saturated heterocycles. The van der Waals surface area contributed by atoms with Gasteiger partial charge in [0.1, 0.15) is 0 Å². The number of ether oxygens (including phenoxy) is 1. The summed E-state index contributed by atoms with van der Waals surface area (Å²) in [6.07, 6.45) is 7.16. The lowest BCUT2D eigenvalue weighted by molar-refractivity contribution is -0.174. The first-order chi connectivity index (χ1) is 12.6. The molecule has 0 N–H and O–H groups in total. The maximum Gasteiger partial charge on any atom is 0.311 e. The third-order valence-corrected chi connectivity index (χ3v) is 9.12. The van der Waals surface area contributed by atoms with E-state index in [1.165, 1.54) is 50.0 Å². The molecule has 0 amide bonds. The van der Waals surface area contributed by atoms with Crippen LogP contribution in [-0.4, -0.2) is 49.7 Å². The first kappa shape index (κ1) is 15.5. The molecule has 1 aromatic carbocycles. The number of methoxy groups -OCH3 is 1. The first-order valence-corrected chi connectivity index (χ1v) is 10.3. The van der Waals surface area contributed by atoms with Crippen LogP contribution in [0.4, 0.5) is 5.69 Å². The average Bonchev–Trinajstić information content (AvgIpc) is 3.19. The summed E-state index contributed by atoms with van der Waals surface area (Å²) in [5, 5.41) is 0. The van der Waals surface area contributed by atoms with Gasteiger partial charge in [0.05, 0.1) is 18.6 Å². The minimum absolute atomic E-state index is 0.00653. The lowest BCUT2D eigenvalue weighted by Crippen LogP contribution is -2.78. The molecule has 3 saturated carbocycles. The number of piperidine rings is 1. The fraction of sp³-hybridized carbons (Fsp3) is 0.682. The molecule has 3 aliphatic heterocycles. The predicted molar refractivity (Wildman–Crippen MR) is 100 cm³/mol. The molecule has 138 valence electrons. The molecular formula is C22H28N2O2. The quantitative estimate of drug-likeness (QED) is 0.728. The van der Waals surface area contributed by atoms with E-state index in [4.69, 9.17) is 4.74 Å². The summed E-state index contributed by atoms with van der Waals surface area (Å²) in [4.78, 5) is 18.4. The van der Waals surface area contributed by atoms with Crippen molar-refractivity contribution >= 4 is 11.7 Å². The molecule has 6 aliphatic rings. The Hall–Kier alpha value is -1.55. The van der Waals surface area contributed by atoms with Gasteiger partial charge in [-0.3, -0.25) is 9.69 Å². The van der Waals surface area contributed by atoms with E-state index in [0.717, 1.165) is 12.8 Å². The molecule has 0 aromatic heterocycles. The van der Waals surface area contributed by atoms with Gasteiger partial charge in [0, 0.05) is 24.2 Å². The van der Waals surface area contributed by atoms with Crippen LogP contribution in [0.25, 0.3) is 0 Å². The van der Waals surface area contributed by atoms with E-state index in [2.05, 4.69) is 41.1 Å². The number of benzene rings is 1. The number of para-hydroxylation sites is 1. The maximum absolute atomic E-state index is 13.1. The van der Waals surface area contributed by atoms with E-state index in [9.17, 15) is 4.79 Å². The highest BCUT2D eigenvalue weighted by atomic mass is 16.5. The monoisotopic (exact) mass is 352 g/mol. The number of carbonyl (C=O) groups is 1. The van der Waals surface area contributed by atoms with Crippen molar-refractivity contribution in [2.75, 3.05) is 32.1 Å². The summed E-state index contributed by atoms with van der Waals surface area (Å²) in [5.41, 5.74) is 3.14. The molecule has 7 rings (SSSR count). The Balaban J connectivity index is 1.68. The standard InChI is InChI=1S/C22H28N2O2/c1-23-17-7-4-3-6-15(17)21-11-13-24-12-5-8-20(19(21)24)9-10-22(21,23)16(14-20)18(25)26-2/h3-4,6-7,16,19H,5,8-14H2,1-2H3/t16-,19-,20+,21+,22+/m0/s1. The minimum Gasteiger partial charge on any atom is -0.469 e. The van der Waals surface area contributed by atoms with Crippen LogP contribution in [0.5, 0.6) is 0 Å². The van der Waals surface area contributed by atoms with Gasteiger partial charge in [-0.05, 0) is 68.7 Å². The van der Waals surface area contributed by atoms with Gasteiger partial charge in [0.25, 0.3) is 0 Å². The van der Waals surface area contributed by atoms with Gasteiger partial charge in [-0.2, -0.15) is 0 Å². The number of carbonyl (C=O) groups excluding carboxylic acids is 1. The Morgan fingerprint density at radius 2 is 2.00 bits per heavy atom. The summed E-state index contributed by atoms with van der Waals surface area (Å²) < 4.78 is 5.39. The zero-order valence-corrected chi connectivity index (χ0v) is 15.8. The SMILES string of the molecule is COC(=O)[C@@H]1C[C@@]23CCCN4CC[C@@]5(c6ccccc6N(C)[C@]15CC2)[C@@H]43. The zero-order valence-electron chi connectivity index (χ0n) is 15.8. The molecule has 2 bridgehead atoms. The van der Waals surface area contributed by atoms with Gasteiger partial charge in [-0.1, -0.05) is 18.2 Å². The van der Waals surface area contributed by atoms with E-state index < -0.39 is 0 Å². The van der Waals surface area contributed by atoms with Crippen molar-refractivity contribution in [2.24, 2.45) is 11.3 Å². The third-order valence-electron chi connectivity index (χ3n) is 9.12. The minimum atomic E-state index is -0.109. The van der Waals surface area contributed by atoms with Crippen molar-refractivity contribution < 1.29 is 9.53 Å². The van der Waals surface area contributed by atoms with Gasteiger partial charge in [-0.25, -0.2) is 0 Å². The molecule has 5 fully saturated rings. The molecule has 4 heteroatoms. The topological polar surface area (TPSA) is 32.8 Å². The highest BCUT2D eigenvalue weighted by Gasteiger charge is 2.80. The van der Waals surface area contributed by atoms with E-state index >= 15 is 0 Å². The summed E-state index contributed by atoms with van der Waals surface area (Å²) in [6.45, 7) is 2.42. The molecule has 3 heterocycles. The van der Waals surface area contributed by atoms with Crippen LogP contribution in [0.15, 0.2) is 24.3 Å². The Morgan fingerprint density at radius 1 is 1.15 bits per heavy atom. The van der Waals surface area contributed by atoms with E-state index in [1.54, 1.807) is 7.11 Å². The maximum atomic E-state index is 13.1. The van der Waals surface area contributed by atoms with Crippen LogP contribution in [0, 0.1) is 11.3 Å². The summed E-state index contributed by atoms with van der Waals surface area (Å²) >= 11 is 0.